The topological polar surface area (TPSA) is 103 Å². The lowest BCUT2D eigenvalue weighted by Gasteiger charge is -2.12. The van der Waals surface area contributed by atoms with Crippen LogP contribution in [0.25, 0.3) is 16.7 Å². The first-order chi connectivity index (χ1) is 15.0. The van der Waals surface area contributed by atoms with Gasteiger partial charge in [-0.15, -0.1) is 10.2 Å². The molecule has 0 fully saturated rings. The summed E-state index contributed by atoms with van der Waals surface area (Å²) in [5, 5.41) is 14.9. The molecule has 3 aromatic rings. The zero-order chi connectivity index (χ0) is 22.2. The number of hydrogen-bond donors (Lipinski definition) is 2. The van der Waals surface area contributed by atoms with E-state index in [0.717, 1.165) is 48.4 Å². The van der Waals surface area contributed by atoms with Gasteiger partial charge in [0.05, 0.1) is 17.6 Å². The van der Waals surface area contributed by atoms with Gasteiger partial charge in [0.2, 0.25) is 11.6 Å². The maximum Gasteiger partial charge on any atom is 0.222 e. The number of unbranched alkanes of at least 4 members (excludes halogenated alkanes) is 1. The van der Waals surface area contributed by atoms with Gasteiger partial charge in [0.1, 0.15) is 18.2 Å². The molecule has 1 amide bonds. The summed E-state index contributed by atoms with van der Waals surface area (Å²) in [5.74, 6) is 2.41. The smallest absolute Gasteiger partial charge is 0.222 e. The number of rotatable bonds is 12. The van der Waals surface area contributed by atoms with E-state index in [1.807, 2.05) is 43.4 Å². The number of carbonyl (C=O) groups excluding carboxylic acids is 1. The average molecular weight is 429 g/mol. The minimum Gasteiger partial charge on any atom is -0.491 e. The van der Waals surface area contributed by atoms with Gasteiger partial charge in [-0.2, -0.15) is 0 Å². The number of fused-ring (bicyclic) bond motifs is 3. The van der Waals surface area contributed by atoms with E-state index in [-0.39, 0.29) is 11.8 Å². The number of nitrogens with zero attached hydrogens (tertiary/aromatic N) is 4. The van der Waals surface area contributed by atoms with Gasteiger partial charge in [-0.3, -0.25) is 9.20 Å². The van der Waals surface area contributed by atoms with E-state index < -0.39 is 0 Å². The van der Waals surface area contributed by atoms with Crippen molar-refractivity contribution < 1.29 is 14.3 Å². The molecule has 168 valence electrons. The zero-order valence-corrected chi connectivity index (χ0v) is 18.8. The fraction of sp³-hybridized carbons (Fsp3) is 0.545. The molecule has 0 aliphatic carbocycles. The van der Waals surface area contributed by atoms with Crippen LogP contribution in [0.15, 0.2) is 18.2 Å². The van der Waals surface area contributed by atoms with Crippen LogP contribution >= 0.6 is 0 Å². The van der Waals surface area contributed by atoms with E-state index in [1.54, 1.807) is 7.11 Å². The van der Waals surface area contributed by atoms with Crippen molar-refractivity contribution in [1.29, 1.82) is 0 Å². The van der Waals surface area contributed by atoms with Crippen molar-refractivity contribution in [3.05, 3.63) is 24.0 Å². The summed E-state index contributed by atoms with van der Waals surface area (Å²) in [6.07, 6.45) is 2.65. The third-order valence-corrected chi connectivity index (χ3v) is 5.27. The number of benzene rings is 1. The highest BCUT2D eigenvalue weighted by molar-refractivity contribution is 5.84. The monoisotopic (exact) mass is 428 g/mol. The number of nitrogens with one attached hydrogen (secondary N) is 2. The Morgan fingerprint density at radius 3 is 2.77 bits per heavy atom. The molecule has 31 heavy (non-hydrogen) atoms. The Hall–Kier alpha value is -2.94. The van der Waals surface area contributed by atoms with Crippen molar-refractivity contribution in [3.8, 4) is 5.75 Å². The van der Waals surface area contributed by atoms with E-state index in [4.69, 9.17) is 14.5 Å². The van der Waals surface area contributed by atoms with E-state index >= 15 is 0 Å². The third kappa shape index (κ3) is 5.61. The molecule has 0 bridgehead atoms. The molecule has 1 unspecified atom stereocenters. The van der Waals surface area contributed by atoms with Crippen molar-refractivity contribution in [2.24, 2.45) is 5.92 Å². The standard InChI is InChI=1S/C22H32N6O3/c1-5-15(2)22(29)24-11-7-6-10-23-20-21-27-26-16(3)28(21)19-9-8-17(14-18(19)25-20)31-13-12-30-4/h8-9,14-15H,5-7,10-13H2,1-4H3,(H,23,25)(H,24,29). The molecule has 0 aliphatic rings. The maximum atomic E-state index is 11.8. The van der Waals surface area contributed by atoms with Crippen molar-refractivity contribution in [1.82, 2.24) is 24.9 Å². The number of ether oxygens (including phenoxy) is 2. The molecule has 1 atom stereocenters. The van der Waals surface area contributed by atoms with Crippen LogP contribution in [0.1, 0.15) is 38.9 Å². The number of aromatic nitrogens is 4. The summed E-state index contributed by atoms with van der Waals surface area (Å²) >= 11 is 0. The minimum absolute atomic E-state index is 0.0627. The Balaban J connectivity index is 1.67. The summed E-state index contributed by atoms with van der Waals surface area (Å²) in [7, 11) is 1.65. The highest BCUT2D eigenvalue weighted by Crippen LogP contribution is 2.25. The molecule has 2 N–H and O–H groups in total. The van der Waals surface area contributed by atoms with Gasteiger partial charge in [-0.05, 0) is 38.3 Å². The number of anilines is 1. The van der Waals surface area contributed by atoms with Gasteiger partial charge in [-0.25, -0.2) is 4.98 Å². The van der Waals surface area contributed by atoms with Gasteiger partial charge < -0.3 is 20.1 Å². The Bertz CT molecular complexity index is 1020. The fourth-order valence-electron chi connectivity index (χ4n) is 3.24. The van der Waals surface area contributed by atoms with E-state index in [9.17, 15) is 4.79 Å². The first-order valence-corrected chi connectivity index (χ1v) is 10.8. The lowest BCUT2D eigenvalue weighted by Crippen LogP contribution is -2.29. The predicted molar refractivity (Wildman–Crippen MR) is 121 cm³/mol. The molecule has 9 heteroatoms. The Morgan fingerprint density at radius 1 is 1.19 bits per heavy atom. The molecular formula is C22H32N6O3. The molecule has 0 radical (unpaired) electrons. The zero-order valence-electron chi connectivity index (χ0n) is 18.8. The predicted octanol–water partition coefficient (Wildman–Crippen LogP) is 2.97. The van der Waals surface area contributed by atoms with Crippen LogP contribution < -0.4 is 15.4 Å². The molecule has 1 aromatic carbocycles. The van der Waals surface area contributed by atoms with Crippen LogP contribution in [0.2, 0.25) is 0 Å². The number of hydrogen-bond acceptors (Lipinski definition) is 7. The first kappa shape index (κ1) is 22.7. The van der Waals surface area contributed by atoms with Crippen LogP contribution in [0.4, 0.5) is 5.82 Å². The van der Waals surface area contributed by atoms with Crippen LogP contribution in [0, 0.1) is 12.8 Å². The second-order valence-electron chi connectivity index (χ2n) is 7.59. The number of amides is 1. The van der Waals surface area contributed by atoms with Crippen molar-refractivity contribution in [3.63, 3.8) is 0 Å². The van der Waals surface area contributed by atoms with Gasteiger partial charge in [0, 0.05) is 32.2 Å². The highest BCUT2D eigenvalue weighted by Gasteiger charge is 2.14. The van der Waals surface area contributed by atoms with E-state index in [1.165, 1.54) is 0 Å². The van der Waals surface area contributed by atoms with Gasteiger partial charge >= 0.3 is 0 Å². The summed E-state index contributed by atoms with van der Waals surface area (Å²) in [5.41, 5.74) is 2.42. The summed E-state index contributed by atoms with van der Waals surface area (Å²) in [6, 6.07) is 5.80. The Kier molecular flexibility index (Phi) is 8.00. The van der Waals surface area contributed by atoms with Gasteiger partial charge in [0.15, 0.2) is 5.82 Å². The van der Waals surface area contributed by atoms with Gasteiger partial charge in [-0.1, -0.05) is 13.8 Å². The molecule has 0 spiro atoms. The number of aryl methyl sites for hydroxylation is 1. The van der Waals surface area contributed by atoms with Crippen LogP contribution in [0.5, 0.6) is 5.75 Å². The molecule has 9 nitrogen and oxygen atoms in total. The SMILES string of the molecule is CCC(C)C(=O)NCCCCNc1nc2cc(OCCOC)ccc2n2c(C)nnc12. The minimum atomic E-state index is 0.0627. The maximum absolute atomic E-state index is 11.8. The second-order valence-corrected chi connectivity index (χ2v) is 7.59. The second kappa shape index (κ2) is 10.9. The highest BCUT2D eigenvalue weighted by atomic mass is 16.5. The van der Waals surface area contributed by atoms with Gasteiger partial charge in [0.25, 0.3) is 0 Å². The normalized spacial score (nSPS) is 12.3. The quantitative estimate of drug-likeness (QED) is 0.428. The summed E-state index contributed by atoms with van der Waals surface area (Å²) < 4.78 is 12.8. The third-order valence-electron chi connectivity index (χ3n) is 5.27. The van der Waals surface area contributed by atoms with Crippen molar-refractivity contribution in [2.75, 3.05) is 38.7 Å². The summed E-state index contributed by atoms with van der Waals surface area (Å²) in [6.45, 7) is 8.30. The van der Waals surface area contributed by atoms with Crippen LogP contribution in [-0.2, 0) is 9.53 Å². The summed E-state index contributed by atoms with van der Waals surface area (Å²) in [4.78, 5) is 16.6. The van der Waals surface area contributed by atoms with Crippen LogP contribution in [0.3, 0.4) is 0 Å². The first-order valence-electron chi connectivity index (χ1n) is 10.8. The van der Waals surface area contributed by atoms with Crippen molar-refractivity contribution >= 4 is 28.4 Å². The molecule has 0 saturated heterocycles. The van der Waals surface area contributed by atoms with Crippen molar-refractivity contribution in [2.45, 2.75) is 40.0 Å². The lowest BCUT2D eigenvalue weighted by molar-refractivity contribution is -0.124. The Labute approximate surface area is 182 Å². The lowest BCUT2D eigenvalue weighted by atomic mass is 10.1. The largest absolute Gasteiger partial charge is 0.491 e. The molecular weight excluding hydrogens is 396 g/mol. The molecule has 0 saturated carbocycles. The molecule has 3 rings (SSSR count). The molecule has 2 heterocycles. The number of methoxy groups -OCH3 is 1. The van der Waals surface area contributed by atoms with E-state index in [0.29, 0.717) is 31.2 Å². The fourth-order valence-corrected chi connectivity index (χ4v) is 3.24. The molecule has 2 aromatic heterocycles. The Morgan fingerprint density at radius 2 is 2.00 bits per heavy atom. The molecule has 0 aliphatic heterocycles. The average Bonchev–Trinajstić information content (AvgIpc) is 3.17. The number of carbonyl (C=O) groups is 1. The van der Waals surface area contributed by atoms with E-state index in [2.05, 4.69) is 20.8 Å². The van der Waals surface area contributed by atoms with Crippen LogP contribution in [-0.4, -0.2) is 58.9 Å².